The molecule has 0 amide bonds. The van der Waals surface area contributed by atoms with Gasteiger partial charge < -0.3 is 14.8 Å². The summed E-state index contributed by atoms with van der Waals surface area (Å²) < 4.78 is 12.5. The summed E-state index contributed by atoms with van der Waals surface area (Å²) in [5.74, 6) is 0.936. The summed E-state index contributed by atoms with van der Waals surface area (Å²) in [5.41, 5.74) is 2.35. The SMILES string of the molecule is Brc1ccc(OCc2ccccc2)c(CNCCN2CCOCC2)c1.Cl.Cl. The molecule has 1 heterocycles. The fraction of sp³-hybridized carbons (Fsp3) is 0.400. The molecule has 0 unspecified atom stereocenters. The predicted octanol–water partition coefficient (Wildman–Crippen LogP) is 4.29. The normalized spacial score (nSPS) is 14.1. The van der Waals surface area contributed by atoms with E-state index in [0.717, 1.165) is 56.2 Å². The maximum atomic E-state index is 6.04. The van der Waals surface area contributed by atoms with E-state index in [4.69, 9.17) is 9.47 Å². The number of hydrogen-bond acceptors (Lipinski definition) is 4. The Morgan fingerprint density at radius 2 is 1.78 bits per heavy atom. The van der Waals surface area contributed by atoms with Crippen LogP contribution in [0.2, 0.25) is 0 Å². The lowest BCUT2D eigenvalue weighted by Crippen LogP contribution is -2.40. The van der Waals surface area contributed by atoms with Crippen LogP contribution in [-0.4, -0.2) is 44.3 Å². The molecule has 1 aliphatic heterocycles. The van der Waals surface area contributed by atoms with Gasteiger partial charge in [0, 0.05) is 42.8 Å². The maximum Gasteiger partial charge on any atom is 0.124 e. The van der Waals surface area contributed by atoms with E-state index in [-0.39, 0.29) is 24.8 Å². The Kier molecular flexibility index (Phi) is 12.0. The highest BCUT2D eigenvalue weighted by Crippen LogP contribution is 2.24. The van der Waals surface area contributed by atoms with E-state index >= 15 is 0 Å². The third-order valence-corrected chi connectivity index (χ3v) is 4.78. The van der Waals surface area contributed by atoms with Gasteiger partial charge >= 0.3 is 0 Å². The standard InChI is InChI=1S/C20H25BrN2O2.2ClH/c21-19-6-7-20(25-16-17-4-2-1-3-5-17)18(14-19)15-22-8-9-23-10-12-24-13-11-23;;/h1-7,14,22H,8-13,15-16H2;2*1H. The molecule has 4 nitrogen and oxygen atoms in total. The lowest BCUT2D eigenvalue weighted by atomic mass is 10.2. The van der Waals surface area contributed by atoms with Crippen molar-refractivity contribution in [2.24, 2.45) is 0 Å². The molecule has 0 bridgehead atoms. The Morgan fingerprint density at radius 1 is 1.04 bits per heavy atom. The number of ether oxygens (including phenoxy) is 2. The summed E-state index contributed by atoms with van der Waals surface area (Å²) in [7, 11) is 0. The van der Waals surface area contributed by atoms with Gasteiger partial charge in [-0.3, -0.25) is 4.90 Å². The Bertz CT molecular complexity index is 656. The molecular weight excluding hydrogens is 451 g/mol. The second-order valence-electron chi connectivity index (χ2n) is 6.16. The zero-order valence-electron chi connectivity index (χ0n) is 15.2. The van der Waals surface area contributed by atoms with Crippen molar-refractivity contribution in [3.63, 3.8) is 0 Å². The summed E-state index contributed by atoms with van der Waals surface area (Å²) in [4.78, 5) is 2.43. The fourth-order valence-electron chi connectivity index (χ4n) is 2.85. The van der Waals surface area contributed by atoms with Gasteiger partial charge in [-0.1, -0.05) is 46.3 Å². The molecule has 150 valence electrons. The van der Waals surface area contributed by atoms with E-state index in [1.165, 1.54) is 11.1 Å². The maximum absolute atomic E-state index is 6.04. The number of halogens is 3. The quantitative estimate of drug-likeness (QED) is 0.575. The van der Waals surface area contributed by atoms with Crippen molar-refractivity contribution in [3.05, 3.63) is 64.1 Å². The molecule has 1 saturated heterocycles. The Hall–Kier alpha value is -0.820. The second kappa shape index (κ2) is 13.4. The molecule has 1 N–H and O–H groups in total. The molecule has 1 aliphatic rings. The van der Waals surface area contributed by atoms with Crippen molar-refractivity contribution in [1.29, 1.82) is 0 Å². The van der Waals surface area contributed by atoms with Crippen LogP contribution < -0.4 is 10.1 Å². The van der Waals surface area contributed by atoms with Crippen LogP contribution in [0.25, 0.3) is 0 Å². The minimum absolute atomic E-state index is 0. The van der Waals surface area contributed by atoms with E-state index in [0.29, 0.717) is 6.61 Å². The number of morpholine rings is 1. The van der Waals surface area contributed by atoms with Crippen LogP contribution in [0.1, 0.15) is 11.1 Å². The molecule has 0 aliphatic carbocycles. The van der Waals surface area contributed by atoms with Gasteiger partial charge in [-0.15, -0.1) is 24.8 Å². The molecule has 0 spiro atoms. The first kappa shape index (κ1) is 24.2. The summed E-state index contributed by atoms with van der Waals surface area (Å²) in [6.45, 7) is 7.17. The third kappa shape index (κ3) is 8.38. The molecule has 0 aromatic heterocycles. The molecule has 3 rings (SSSR count). The van der Waals surface area contributed by atoms with Gasteiger partial charge in [0.15, 0.2) is 0 Å². The average molecular weight is 478 g/mol. The first-order chi connectivity index (χ1) is 12.3. The highest BCUT2D eigenvalue weighted by Gasteiger charge is 2.10. The van der Waals surface area contributed by atoms with Gasteiger partial charge in [0.25, 0.3) is 0 Å². The van der Waals surface area contributed by atoms with Gasteiger partial charge in [0.05, 0.1) is 13.2 Å². The largest absolute Gasteiger partial charge is 0.489 e. The molecule has 1 fully saturated rings. The van der Waals surface area contributed by atoms with Crippen LogP contribution in [0.3, 0.4) is 0 Å². The smallest absolute Gasteiger partial charge is 0.124 e. The zero-order chi connectivity index (χ0) is 17.3. The van der Waals surface area contributed by atoms with Crippen LogP contribution in [0.4, 0.5) is 0 Å². The molecule has 0 saturated carbocycles. The summed E-state index contributed by atoms with van der Waals surface area (Å²) in [6.07, 6.45) is 0. The number of nitrogens with zero attached hydrogens (tertiary/aromatic N) is 1. The summed E-state index contributed by atoms with van der Waals surface area (Å²) >= 11 is 3.56. The molecule has 7 heteroatoms. The highest BCUT2D eigenvalue weighted by molar-refractivity contribution is 9.10. The van der Waals surface area contributed by atoms with Crippen molar-refractivity contribution < 1.29 is 9.47 Å². The molecule has 0 atom stereocenters. The van der Waals surface area contributed by atoms with Crippen molar-refractivity contribution in [3.8, 4) is 5.75 Å². The van der Waals surface area contributed by atoms with E-state index in [2.05, 4.69) is 44.3 Å². The van der Waals surface area contributed by atoms with Gasteiger partial charge in [-0.25, -0.2) is 0 Å². The van der Waals surface area contributed by atoms with Gasteiger partial charge in [0.2, 0.25) is 0 Å². The molecular formula is C20H27BrCl2N2O2. The van der Waals surface area contributed by atoms with Gasteiger partial charge in [0.1, 0.15) is 12.4 Å². The lowest BCUT2D eigenvalue weighted by molar-refractivity contribution is 0.0384. The van der Waals surface area contributed by atoms with Gasteiger partial charge in [-0.05, 0) is 23.8 Å². The number of rotatable bonds is 8. The number of hydrogen-bond donors (Lipinski definition) is 1. The summed E-state index contributed by atoms with van der Waals surface area (Å²) in [5, 5.41) is 3.53. The van der Waals surface area contributed by atoms with E-state index in [1.807, 2.05) is 30.3 Å². The molecule has 0 radical (unpaired) electrons. The van der Waals surface area contributed by atoms with Crippen LogP contribution >= 0.6 is 40.7 Å². The monoisotopic (exact) mass is 476 g/mol. The van der Waals surface area contributed by atoms with Crippen molar-refractivity contribution in [1.82, 2.24) is 10.2 Å². The minimum Gasteiger partial charge on any atom is -0.489 e. The number of nitrogens with one attached hydrogen (secondary N) is 1. The van der Waals surface area contributed by atoms with E-state index in [1.54, 1.807) is 0 Å². The first-order valence-corrected chi connectivity index (χ1v) is 9.56. The fourth-order valence-corrected chi connectivity index (χ4v) is 3.26. The zero-order valence-corrected chi connectivity index (χ0v) is 18.5. The highest BCUT2D eigenvalue weighted by atomic mass is 79.9. The Morgan fingerprint density at radius 3 is 2.52 bits per heavy atom. The van der Waals surface area contributed by atoms with Crippen LogP contribution in [0, 0.1) is 0 Å². The van der Waals surface area contributed by atoms with Crippen molar-refractivity contribution >= 4 is 40.7 Å². The van der Waals surface area contributed by atoms with Crippen LogP contribution in [0.15, 0.2) is 53.0 Å². The topological polar surface area (TPSA) is 33.7 Å². The van der Waals surface area contributed by atoms with Crippen LogP contribution in [-0.2, 0) is 17.9 Å². The number of benzene rings is 2. The molecule has 2 aromatic rings. The van der Waals surface area contributed by atoms with Crippen LogP contribution in [0.5, 0.6) is 5.75 Å². The minimum atomic E-state index is 0. The molecule has 2 aromatic carbocycles. The Labute approximate surface area is 182 Å². The van der Waals surface area contributed by atoms with Gasteiger partial charge in [-0.2, -0.15) is 0 Å². The molecule has 27 heavy (non-hydrogen) atoms. The van der Waals surface area contributed by atoms with E-state index < -0.39 is 0 Å². The summed E-state index contributed by atoms with van der Waals surface area (Å²) in [6, 6.07) is 16.4. The second-order valence-corrected chi connectivity index (χ2v) is 7.07. The average Bonchev–Trinajstić information content (AvgIpc) is 2.66. The van der Waals surface area contributed by atoms with Crippen molar-refractivity contribution in [2.45, 2.75) is 13.2 Å². The lowest BCUT2D eigenvalue weighted by Gasteiger charge is -2.26. The van der Waals surface area contributed by atoms with Crippen molar-refractivity contribution in [2.75, 3.05) is 39.4 Å². The predicted molar refractivity (Wildman–Crippen MR) is 118 cm³/mol. The first-order valence-electron chi connectivity index (χ1n) is 8.77. The Balaban J connectivity index is 0.00000182. The third-order valence-electron chi connectivity index (χ3n) is 4.28. The van der Waals surface area contributed by atoms with E-state index in [9.17, 15) is 0 Å².